The van der Waals surface area contributed by atoms with Gasteiger partial charge in [0.15, 0.2) is 5.65 Å². The average Bonchev–Trinajstić information content (AvgIpc) is 3.26. The van der Waals surface area contributed by atoms with Crippen LogP contribution in [0.4, 0.5) is 5.95 Å². The van der Waals surface area contributed by atoms with Crippen molar-refractivity contribution in [1.82, 2.24) is 14.6 Å². The van der Waals surface area contributed by atoms with Crippen LogP contribution in [0.5, 0.6) is 0 Å². The van der Waals surface area contributed by atoms with Crippen LogP contribution in [-0.4, -0.2) is 20.5 Å². The van der Waals surface area contributed by atoms with Gasteiger partial charge in [0, 0.05) is 5.56 Å². The van der Waals surface area contributed by atoms with Gasteiger partial charge in [-0.15, -0.1) is 5.10 Å². The highest BCUT2D eigenvalue weighted by atomic mass is 16.3. The molecule has 0 spiro atoms. The van der Waals surface area contributed by atoms with Crippen molar-refractivity contribution in [3.8, 4) is 11.3 Å². The Labute approximate surface area is 124 Å². The Hall–Kier alpha value is -3.35. The van der Waals surface area contributed by atoms with E-state index in [9.17, 15) is 4.79 Å². The molecule has 1 amide bonds. The number of rotatable bonds is 3. The summed E-state index contributed by atoms with van der Waals surface area (Å²) < 4.78 is 11.6. The zero-order valence-corrected chi connectivity index (χ0v) is 11.3. The fraction of sp³-hybridized carbons (Fsp3) is 0. The molecule has 0 atom stereocenters. The molecule has 0 aliphatic carbocycles. The van der Waals surface area contributed by atoms with Gasteiger partial charge in [0.1, 0.15) is 6.26 Å². The second-order valence-corrected chi connectivity index (χ2v) is 4.59. The van der Waals surface area contributed by atoms with Crippen LogP contribution < -0.4 is 5.32 Å². The molecule has 108 valence electrons. The van der Waals surface area contributed by atoms with E-state index in [2.05, 4.69) is 15.4 Å². The molecule has 0 aliphatic rings. The Kier molecular flexibility index (Phi) is 2.75. The van der Waals surface area contributed by atoms with Crippen molar-refractivity contribution < 1.29 is 13.6 Å². The van der Waals surface area contributed by atoms with Gasteiger partial charge in [0.2, 0.25) is 5.95 Å². The summed E-state index contributed by atoms with van der Waals surface area (Å²) in [6.07, 6.45) is 6.01. The van der Waals surface area contributed by atoms with Gasteiger partial charge in [-0.3, -0.25) is 10.1 Å². The number of carbonyl (C=O) groups excluding carboxylic acids is 1. The van der Waals surface area contributed by atoms with E-state index in [1.54, 1.807) is 23.1 Å². The number of hydrogen-bond acceptors (Lipinski definition) is 5. The van der Waals surface area contributed by atoms with Gasteiger partial charge < -0.3 is 8.83 Å². The van der Waals surface area contributed by atoms with E-state index >= 15 is 0 Å². The Morgan fingerprint density at radius 2 is 1.95 bits per heavy atom. The SMILES string of the molecule is O=C(Nc1nc2cccc(-c3ccoc3)n2n1)c1ccoc1. The van der Waals surface area contributed by atoms with E-state index in [0.29, 0.717) is 11.2 Å². The summed E-state index contributed by atoms with van der Waals surface area (Å²) >= 11 is 0. The topological polar surface area (TPSA) is 85.6 Å². The highest BCUT2D eigenvalue weighted by Crippen LogP contribution is 2.21. The Balaban J connectivity index is 1.72. The molecule has 7 heteroatoms. The highest BCUT2D eigenvalue weighted by molar-refractivity contribution is 6.03. The summed E-state index contributed by atoms with van der Waals surface area (Å²) in [5, 5.41) is 6.96. The fourth-order valence-electron chi connectivity index (χ4n) is 2.15. The number of hydrogen-bond donors (Lipinski definition) is 1. The Morgan fingerprint density at radius 3 is 2.73 bits per heavy atom. The van der Waals surface area contributed by atoms with Crippen molar-refractivity contribution in [3.63, 3.8) is 0 Å². The van der Waals surface area contributed by atoms with Crippen LogP contribution >= 0.6 is 0 Å². The zero-order valence-electron chi connectivity index (χ0n) is 11.3. The van der Waals surface area contributed by atoms with Crippen LogP contribution in [0.1, 0.15) is 10.4 Å². The van der Waals surface area contributed by atoms with Crippen molar-refractivity contribution in [3.05, 3.63) is 60.9 Å². The molecule has 0 unspecified atom stereocenters. The maximum absolute atomic E-state index is 12.0. The Morgan fingerprint density at radius 1 is 1.09 bits per heavy atom. The minimum atomic E-state index is -0.325. The van der Waals surface area contributed by atoms with Gasteiger partial charge in [-0.2, -0.15) is 4.98 Å². The van der Waals surface area contributed by atoms with Crippen molar-refractivity contribution in [2.75, 3.05) is 5.32 Å². The number of amides is 1. The molecule has 0 aliphatic heterocycles. The molecular weight excluding hydrogens is 284 g/mol. The number of nitrogens with one attached hydrogen (secondary N) is 1. The lowest BCUT2D eigenvalue weighted by Gasteiger charge is -1.99. The van der Waals surface area contributed by atoms with Crippen molar-refractivity contribution in [2.24, 2.45) is 0 Å². The molecule has 1 N–H and O–H groups in total. The predicted octanol–water partition coefficient (Wildman–Crippen LogP) is 2.83. The molecular formula is C15H10N4O3. The third-order valence-electron chi connectivity index (χ3n) is 3.19. The van der Waals surface area contributed by atoms with Crippen LogP contribution in [0.2, 0.25) is 0 Å². The molecule has 4 aromatic rings. The first-order valence-electron chi connectivity index (χ1n) is 6.53. The standard InChI is InChI=1S/C15H10N4O3/c20-14(11-5-7-22-9-11)17-15-16-13-3-1-2-12(19(13)18-15)10-4-6-21-8-10/h1-9H,(H,17,18,20). The molecule has 0 saturated carbocycles. The number of pyridine rings is 1. The number of fused-ring (bicyclic) bond motifs is 1. The first-order chi connectivity index (χ1) is 10.8. The van der Waals surface area contributed by atoms with E-state index in [0.717, 1.165) is 11.3 Å². The van der Waals surface area contributed by atoms with Gasteiger partial charge in [-0.05, 0) is 24.3 Å². The van der Waals surface area contributed by atoms with E-state index in [-0.39, 0.29) is 11.9 Å². The highest BCUT2D eigenvalue weighted by Gasteiger charge is 2.13. The second kappa shape index (κ2) is 4.88. The molecule has 4 heterocycles. The normalized spacial score (nSPS) is 10.9. The predicted molar refractivity (Wildman–Crippen MR) is 77.4 cm³/mol. The van der Waals surface area contributed by atoms with E-state index in [4.69, 9.17) is 8.83 Å². The summed E-state index contributed by atoms with van der Waals surface area (Å²) in [6.45, 7) is 0. The Bertz CT molecular complexity index is 923. The number of carbonyl (C=O) groups is 1. The van der Waals surface area contributed by atoms with E-state index in [1.807, 2.05) is 24.3 Å². The average molecular weight is 294 g/mol. The van der Waals surface area contributed by atoms with Crippen LogP contribution in [0.25, 0.3) is 16.9 Å². The van der Waals surface area contributed by atoms with Crippen molar-refractivity contribution in [2.45, 2.75) is 0 Å². The van der Waals surface area contributed by atoms with Crippen molar-refractivity contribution in [1.29, 1.82) is 0 Å². The second-order valence-electron chi connectivity index (χ2n) is 4.59. The molecule has 7 nitrogen and oxygen atoms in total. The molecule has 0 aromatic carbocycles. The molecule has 4 rings (SSSR count). The molecule has 22 heavy (non-hydrogen) atoms. The maximum atomic E-state index is 12.0. The van der Waals surface area contributed by atoms with Crippen LogP contribution in [-0.2, 0) is 0 Å². The summed E-state index contributed by atoms with van der Waals surface area (Å²) in [4.78, 5) is 16.3. The number of nitrogens with zero attached hydrogens (tertiary/aromatic N) is 3. The van der Waals surface area contributed by atoms with Gasteiger partial charge in [0.25, 0.3) is 5.91 Å². The van der Waals surface area contributed by atoms with Crippen molar-refractivity contribution >= 4 is 17.5 Å². The molecule has 0 fully saturated rings. The third-order valence-corrected chi connectivity index (χ3v) is 3.19. The summed E-state index contributed by atoms with van der Waals surface area (Å²) in [5.74, 6) is -0.100. The van der Waals surface area contributed by atoms with Gasteiger partial charge in [0.05, 0.1) is 30.0 Å². The van der Waals surface area contributed by atoms with Gasteiger partial charge in [-0.1, -0.05) is 6.07 Å². The summed E-state index contributed by atoms with van der Waals surface area (Å²) in [6, 6.07) is 8.98. The zero-order chi connectivity index (χ0) is 14.9. The summed E-state index contributed by atoms with van der Waals surface area (Å²) in [7, 11) is 0. The first kappa shape index (κ1) is 12.4. The molecule has 4 aromatic heterocycles. The lowest BCUT2D eigenvalue weighted by atomic mass is 10.2. The monoisotopic (exact) mass is 294 g/mol. The number of aromatic nitrogens is 3. The lowest BCUT2D eigenvalue weighted by molar-refractivity contribution is 0.102. The number of furan rings is 2. The summed E-state index contributed by atoms with van der Waals surface area (Å²) in [5.41, 5.74) is 2.74. The van der Waals surface area contributed by atoms with E-state index < -0.39 is 0 Å². The molecule has 0 saturated heterocycles. The van der Waals surface area contributed by atoms with Gasteiger partial charge >= 0.3 is 0 Å². The minimum Gasteiger partial charge on any atom is -0.472 e. The fourth-order valence-corrected chi connectivity index (χ4v) is 2.15. The van der Waals surface area contributed by atoms with E-state index in [1.165, 1.54) is 12.5 Å². The molecule has 0 bridgehead atoms. The van der Waals surface area contributed by atoms with Gasteiger partial charge in [-0.25, -0.2) is 4.52 Å². The van der Waals surface area contributed by atoms with Crippen LogP contribution in [0.3, 0.4) is 0 Å². The first-order valence-corrected chi connectivity index (χ1v) is 6.53. The number of anilines is 1. The largest absolute Gasteiger partial charge is 0.472 e. The maximum Gasteiger partial charge on any atom is 0.261 e. The minimum absolute atomic E-state index is 0.224. The third kappa shape index (κ3) is 2.05. The quantitative estimate of drug-likeness (QED) is 0.628. The van der Waals surface area contributed by atoms with Crippen LogP contribution in [0, 0.1) is 0 Å². The molecule has 0 radical (unpaired) electrons. The van der Waals surface area contributed by atoms with Crippen LogP contribution in [0.15, 0.2) is 64.2 Å². The lowest BCUT2D eigenvalue weighted by Crippen LogP contribution is -2.12. The smallest absolute Gasteiger partial charge is 0.261 e.